The van der Waals surface area contributed by atoms with E-state index in [0.29, 0.717) is 36.8 Å². The zero-order valence-corrected chi connectivity index (χ0v) is 22.9. The highest BCUT2D eigenvalue weighted by molar-refractivity contribution is 6.31. The molecule has 2 amide bonds. The number of nitrogens with zero attached hydrogens (tertiary/aromatic N) is 4. The van der Waals surface area contributed by atoms with Gasteiger partial charge >= 0.3 is 0 Å². The van der Waals surface area contributed by atoms with E-state index in [2.05, 4.69) is 18.4 Å². The average Bonchev–Trinajstić information content (AvgIpc) is 3.33. The number of benzene rings is 2. The maximum atomic E-state index is 13.6. The minimum Gasteiger partial charge on any atom is -0.345 e. The van der Waals surface area contributed by atoms with Crippen LogP contribution in [-0.2, 0) is 17.9 Å². The Kier molecular flexibility index (Phi) is 10.5. The van der Waals surface area contributed by atoms with Crippen LogP contribution in [0.25, 0.3) is 0 Å². The molecular formula is C29H35ClN4O4. The van der Waals surface area contributed by atoms with E-state index in [-0.39, 0.29) is 30.0 Å². The first-order valence-electron chi connectivity index (χ1n) is 12.9. The number of hydrogen-bond acceptors (Lipinski definition) is 4. The Morgan fingerprint density at radius 2 is 1.74 bits per heavy atom. The summed E-state index contributed by atoms with van der Waals surface area (Å²) in [5.74, 6) is -0.218. The molecule has 38 heavy (non-hydrogen) atoms. The molecule has 0 saturated carbocycles. The summed E-state index contributed by atoms with van der Waals surface area (Å²) in [6.45, 7) is 8.04. The average molecular weight is 539 g/mol. The van der Waals surface area contributed by atoms with Gasteiger partial charge in [0.05, 0.1) is 11.5 Å². The molecule has 0 spiro atoms. The molecule has 3 rings (SSSR count). The number of rotatable bonds is 13. The molecule has 8 nitrogen and oxygen atoms in total. The van der Waals surface area contributed by atoms with Gasteiger partial charge in [0.1, 0.15) is 6.54 Å². The highest BCUT2D eigenvalue weighted by Gasteiger charge is 2.24. The molecule has 1 aromatic heterocycles. The van der Waals surface area contributed by atoms with Crippen molar-refractivity contribution in [3.8, 4) is 0 Å². The Labute approximate surface area is 229 Å². The normalized spacial score (nSPS) is 11.0. The molecule has 0 aliphatic rings. The largest absolute Gasteiger partial charge is 0.345 e. The van der Waals surface area contributed by atoms with Crippen LogP contribution in [0.1, 0.15) is 55.2 Å². The summed E-state index contributed by atoms with van der Waals surface area (Å²) < 4.78 is 2.08. The van der Waals surface area contributed by atoms with E-state index in [1.165, 1.54) is 24.3 Å². The fraction of sp³-hybridized carbons (Fsp3) is 0.379. The summed E-state index contributed by atoms with van der Waals surface area (Å²) in [6.07, 6.45) is 3.59. The van der Waals surface area contributed by atoms with Crippen molar-refractivity contribution in [2.24, 2.45) is 5.92 Å². The number of unbranched alkanes of at least 4 members (excludes halogenated alkanes) is 1. The molecule has 202 valence electrons. The second-order valence-electron chi connectivity index (χ2n) is 9.77. The van der Waals surface area contributed by atoms with Crippen LogP contribution in [-0.4, -0.2) is 50.7 Å². The van der Waals surface area contributed by atoms with Crippen molar-refractivity contribution in [3.63, 3.8) is 0 Å². The first-order valence-corrected chi connectivity index (χ1v) is 13.3. The maximum absolute atomic E-state index is 13.6. The lowest BCUT2D eigenvalue weighted by Gasteiger charge is -2.29. The molecule has 3 aromatic rings. The van der Waals surface area contributed by atoms with E-state index < -0.39 is 4.92 Å². The molecule has 0 radical (unpaired) electrons. The van der Waals surface area contributed by atoms with Crippen molar-refractivity contribution in [2.45, 2.75) is 46.7 Å². The third kappa shape index (κ3) is 7.92. The van der Waals surface area contributed by atoms with Crippen LogP contribution >= 0.6 is 11.6 Å². The van der Waals surface area contributed by atoms with Gasteiger partial charge in [-0.3, -0.25) is 19.7 Å². The Morgan fingerprint density at radius 3 is 2.37 bits per heavy atom. The van der Waals surface area contributed by atoms with Gasteiger partial charge in [-0.25, -0.2) is 0 Å². The van der Waals surface area contributed by atoms with Gasteiger partial charge in [-0.1, -0.05) is 57.0 Å². The number of amides is 2. The summed E-state index contributed by atoms with van der Waals surface area (Å²) in [6, 6.07) is 17.1. The lowest BCUT2D eigenvalue weighted by Crippen LogP contribution is -2.44. The van der Waals surface area contributed by atoms with Gasteiger partial charge in [-0.2, -0.15) is 0 Å². The lowest BCUT2D eigenvalue weighted by atomic mass is 10.1. The summed E-state index contributed by atoms with van der Waals surface area (Å²) in [7, 11) is 0. The van der Waals surface area contributed by atoms with Crippen LogP contribution < -0.4 is 0 Å². The fourth-order valence-electron chi connectivity index (χ4n) is 4.22. The number of aromatic nitrogens is 1. The number of hydrogen-bond donors (Lipinski definition) is 0. The zero-order valence-electron chi connectivity index (χ0n) is 22.2. The number of halogens is 1. The van der Waals surface area contributed by atoms with Gasteiger partial charge in [0.25, 0.3) is 11.6 Å². The molecule has 0 fully saturated rings. The first-order chi connectivity index (χ1) is 18.2. The Hall–Kier alpha value is -3.65. The van der Waals surface area contributed by atoms with Crippen LogP contribution in [0.4, 0.5) is 5.69 Å². The molecule has 0 aliphatic heterocycles. The standard InChI is InChI=1S/C29H35ClN4O4/c1-4-5-16-32(29(36)23-12-14-25(15-13-23)34(37)38)21-28(35)33(18-22(2)3)20-26-10-8-17-31(26)19-24-9-6-7-11-27(24)30/h6-15,17,22H,4-5,16,18-21H2,1-3H3. The van der Waals surface area contributed by atoms with Gasteiger partial charge in [0.15, 0.2) is 0 Å². The predicted octanol–water partition coefficient (Wildman–Crippen LogP) is 6.03. The topological polar surface area (TPSA) is 88.7 Å². The molecular weight excluding hydrogens is 504 g/mol. The van der Waals surface area contributed by atoms with Gasteiger partial charge in [-0.15, -0.1) is 0 Å². The summed E-state index contributed by atoms with van der Waals surface area (Å²) in [4.78, 5) is 40.7. The number of non-ortho nitro benzene ring substituents is 1. The van der Waals surface area contributed by atoms with Crippen molar-refractivity contribution < 1.29 is 14.5 Å². The zero-order chi connectivity index (χ0) is 27.7. The van der Waals surface area contributed by atoms with Crippen molar-refractivity contribution in [2.75, 3.05) is 19.6 Å². The van der Waals surface area contributed by atoms with Crippen molar-refractivity contribution >= 4 is 29.1 Å². The Bertz CT molecular complexity index is 1240. The molecule has 0 saturated heterocycles. The second kappa shape index (κ2) is 13.8. The highest BCUT2D eigenvalue weighted by Crippen LogP contribution is 2.19. The molecule has 2 aromatic carbocycles. The third-order valence-electron chi connectivity index (χ3n) is 6.23. The van der Waals surface area contributed by atoms with E-state index in [9.17, 15) is 19.7 Å². The Morgan fingerprint density at radius 1 is 1.03 bits per heavy atom. The Balaban J connectivity index is 1.78. The van der Waals surface area contributed by atoms with E-state index in [1.54, 1.807) is 9.80 Å². The number of nitro benzene ring substituents is 1. The van der Waals surface area contributed by atoms with E-state index in [4.69, 9.17) is 11.6 Å². The van der Waals surface area contributed by atoms with Crippen LogP contribution in [0.3, 0.4) is 0 Å². The third-order valence-corrected chi connectivity index (χ3v) is 6.60. The lowest BCUT2D eigenvalue weighted by molar-refractivity contribution is -0.384. The first kappa shape index (κ1) is 28.9. The van der Waals surface area contributed by atoms with Crippen molar-refractivity contribution in [3.05, 3.63) is 98.8 Å². The van der Waals surface area contributed by atoms with Crippen molar-refractivity contribution in [1.29, 1.82) is 0 Å². The minimum atomic E-state index is -0.502. The second-order valence-corrected chi connectivity index (χ2v) is 10.2. The summed E-state index contributed by atoms with van der Waals surface area (Å²) in [5, 5.41) is 11.7. The molecule has 0 atom stereocenters. The van der Waals surface area contributed by atoms with E-state index in [1.807, 2.05) is 49.5 Å². The van der Waals surface area contributed by atoms with Gasteiger partial charge in [0.2, 0.25) is 5.91 Å². The number of nitro groups is 1. The molecule has 0 N–H and O–H groups in total. The van der Waals surface area contributed by atoms with Crippen LogP contribution in [0, 0.1) is 16.0 Å². The smallest absolute Gasteiger partial charge is 0.269 e. The highest BCUT2D eigenvalue weighted by atomic mass is 35.5. The van der Waals surface area contributed by atoms with Crippen molar-refractivity contribution in [1.82, 2.24) is 14.4 Å². The van der Waals surface area contributed by atoms with Gasteiger partial charge in [0, 0.05) is 54.2 Å². The minimum absolute atomic E-state index is 0.0617. The maximum Gasteiger partial charge on any atom is 0.269 e. The molecule has 1 heterocycles. The van der Waals surface area contributed by atoms with Crippen LogP contribution in [0.15, 0.2) is 66.9 Å². The predicted molar refractivity (Wildman–Crippen MR) is 149 cm³/mol. The monoisotopic (exact) mass is 538 g/mol. The molecule has 0 aliphatic carbocycles. The van der Waals surface area contributed by atoms with E-state index in [0.717, 1.165) is 24.1 Å². The molecule has 9 heteroatoms. The molecule has 0 unspecified atom stereocenters. The molecule has 0 bridgehead atoms. The summed E-state index contributed by atoms with van der Waals surface area (Å²) in [5.41, 5.74) is 2.21. The van der Waals surface area contributed by atoms with Gasteiger partial charge in [-0.05, 0) is 48.2 Å². The SMILES string of the molecule is CCCCN(CC(=O)N(Cc1cccn1Cc1ccccc1Cl)CC(C)C)C(=O)c1ccc([N+](=O)[O-])cc1. The quantitative estimate of drug-likeness (QED) is 0.196. The van der Waals surface area contributed by atoms with Crippen LogP contribution in [0.2, 0.25) is 5.02 Å². The number of carbonyl (C=O) groups is 2. The number of carbonyl (C=O) groups excluding carboxylic acids is 2. The fourth-order valence-corrected chi connectivity index (χ4v) is 4.42. The van der Waals surface area contributed by atoms with Gasteiger partial charge < -0.3 is 14.4 Å². The van der Waals surface area contributed by atoms with Crippen LogP contribution in [0.5, 0.6) is 0 Å². The van der Waals surface area contributed by atoms with E-state index >= 15 is 0 Å². The summed E-state index contributed by atoms with van der Waals surface area (Å²) >= 11 is 6.37.